The Kier molecular flexibility index (Phi) is 7.22. The minimum absolute atomic E-state index is 0.0761. The summed E-state index contributed by atoms with van der Waals surface area (Å²) in [6, 6.07) is 4.34. The van der Waals surface area contributed by atoms with E-state index in [-0.39, 0.29) is 41.8 Å². The van der Waals surface area contributed by atoms with Gasteiger partial charge in [-0.25, -0.2) is 4.79 Å². The van der Waals surface area contributed by atoms with Gasteiger partial charge in [0.05, 0.1) is 24.9 Å². The van der Waals surface area contributed by atoms with Gasteiger partial charge >= 0.3 is 5.97 Å². The number of nitrogens with two attached hydrogens (primary N) is 1. The summed E-state index contributed by atoms with van der Waals surface area (Å²) >= 11 is 0. The highest BCUT2D eigenvalue weighted by molar-refractivity contribution is 5.93. The van der Waals surface area contributed by atoms with Crippen molar-refractivity contribution < 1.29 is 33.3 Å². The van der Waals surface area contributed by atoms with Crippen LogP contribution in [0.5, 0.6) is 11.5 Å². The molecular formula is C19H26N2O7. The van der Waals surface area contributed by atoms with Crippen molar-refractivity contribution in [3.63, 3.8) is 0 Å². The average Bonchev–Trinajstić information content (AvgIpc) is 2.64. The second-order valence-corrected chi connectivity index (χ2v) is 6.67. The van der Waals surface area contributed by atoms with Crippen molar-refractivity contribution in [2.45, 2.75) is 39.1 Å². The summed E-state index contributed by atoms with van der Waals surface area (Å²) in [7, 11) is 1.40. The Hall–Kier alpha value is -2.81. The first-order valence-electron chi connectivity index (χ1n) is 8.95. The molecule has 1 aliphatic rings. The number of hydrogen-bond acceptors (Lipinski definition) is 7. The molecule has 0 aromatic heterocycles. The number of esters is 1. The summed E-state index contributed by atoms with van der Waals surface area (Å²) in [5, 5.41) is 0. The van der Waals surface area contributed by atoms with Gasteiger partial charge in [-0.3, -0.25) is 9.59 Å². The summed E-state index contributed by atoms with van der Waals surface area (Å²) in [6.45, 7) is 5.89. The molecule has 1 aliphatic heterocycles. The zero-order valence-corrected chi connectivity index (χ0v) is 16.5. The minimum Gasteiger partial charge on any atom is -0.493 e. The Balaban J connectivity index is 2.03. The number of primary amides is 1. The fraction of sp³-hybridized carbons (Fsp3) is 0.526. The van der Waals surface area contributed by atoms with Crippen LogP contribution in [0.4, 0.5) is 0 Å². The predicted octanol–water partition coefficient (Wildman–Crippen LogP) is 0.740. The number of carbonyl (C=O) groups is 3. The lowest BCUT2D eigenvalue weighted by atomic mass is 10.2. The molecule has 9 nitrogen and oxygen atoms in total. The molecule has 0 radical (unpaired) electrons. The number of carbonyl (C=O) groups excluding carboxylic acids is 3. The molecule has 0 bridgehead atoms. The van der Waals surface area contributed by atoms with Crippen LogP contribution in [0, 0.1) is 0 Å². The first kappa shape index (κ1) is 21.5. The van der Waals surface area contributed by atoms with E-state index in [1.165, 1.54) is 32.2 Å². The lowest BCUT2D eigenvalue weighted by Gasteiger charge is -2.36. The van der Waals surface area contributed by atoms with Crippen molar-refractivity contribution in [1.29, 1.82) is 0 Å². The van der Waals surface area contributed by atoms with Crippen molar-refractivity contribution in [3.8, 4) is 11.5 Å². The molecule has 1 heterocycles. The first-order chi connectivity index (χ1) is 13.2. The van der Waals surface area contributed by atoms with Crippen molar-refractivity contribution >= 4 is 17.8 Å². The van der Waals surface area contributed by atoms with Crippen molar-refractivity contribution in [1.82, 2.24) is 4.90 Å². The molecule has 2 amide bonds. The van der Waals surface area contributed by atoms with Crippen molar-refractivity contribution in [2.75, 3.05) is 26.8 Å². The number of ether oxygens (including phenoxy) is 4. The van der Waals surface area contributed by atoms with E-state index in [4.69, 9.17) is 24.7 Å². The van der Waals surface area contributed by atoms with E-state index >= 15 is 0 Å². The summed E-state index contributed by atoms with van der Waals surface area (Å²) in [5.41, 5.74) is 5.24. The first-order valence-corrected chi connectivity index (χ1v) is 8.95. The highest BCUT2D eigenvalue weighted by Crippen LogP contribution is 2.28. The third-order valence-electron chi connectivity index (χ3n) is 4.13. The van der Waals surface area contributed by atoms with Crippen LogP contribution in [-0.2, 0) is 19.1 Å². The lowest BCUT2D eigenvalue weighted by molar-refractivity contribution is -0.151. The van der Waals surface area contributed by atoms with Gasteiger partial charge < -0.3 is 29.6 Å². The third-order valence-corrected chi connectivity index (χ3v) is 4.13. The molecular weight excluding hydrogens is 368 g/mol. The van der Waals surface area contributed by atoms with Crippen LogP contribution in [0.2, 0.25) is 0 Å². The molecule has 0 saturated carbocycles. The number of rotatable bonds is 7. The molecule has 1 aromatic carbocycles. The number of methoxy groups -OCH3 is 1. The van der Waals surface area contributed by atoms with Crippen LogP contribution in [-0.4, -0.2) is 67.8 Å². The molecule has 3 unspecified atom stereocenters. The second-order valence-electron chi connectivity index (χ2n) is 6.67. The summed E-state index contributed by atoms with van der Waals surface area (Å²) in [4.78, 5) is 37.5. The van der Waals surface area contributed by atoms with E-state index in [0.29, 0.717) is 13.1 Å². The zero-order valence-electron chi connectivity index (χ0n) is 16.5. The van der Waals surface area contributed by atoms with Crippen LogP contribution >= 0.6 is 0 Å². The van der Waals surface area contributed by atoms with Gasteiger partial charge in [0.15, 0.2) is 24.2 Å². The van der Waals surface area contributed by atoms with Gasteiger partial charge in [0.25, 0.3) is 11.8 Å². The maximum absolute atomic E-state index is 12.6. The van der Waals surface area contributed by atoms with Crippen molar-refractivity contribution in [3.05, 3.63) is 23.8 Å². The van der Waals surface area contributed by atoms with Gasteiger partial charge in [-0.05, 0) is 39.0 Å². The van der Waals surface area contributed by atoms with Gasteiger partial charge in [0.1, 0.15) is 0 Å². The van der Waals surface area contributed by atoms with Crippen LogP contribution < -0.4 is 15.2 Å². The minimum atomic E-state index is -0.943. The lowest BCUT2D eigenvalue weighted by Crippen LogP contribution is -2.51. The molecule has 3 atom stereocenters. The Morgan fingerprint density at radius 3 is 2.43 bits per heavy atom. The molecule has 1 saturated heterocycles. The monoisotopic (exact) mass is 394 g/mol. The van der Waals surface area contributed by atoms with Crippen LogP contribution in [0.15, 0.2) is 18.2 Å². The molecule has 9 heteroatoms. The quantitative estimate of drug-likeness (QED) is 0.678. The number of hydrogen-bond donors (Lipinski definition) is 1. The maximum Gasteiger partial charge on any atom is 0.339 e. The van der Waals surface area contributed by atoms with E-state index < -0.39 is 18.0 Å². The summed E-state index contributed by atoms with van der Waals surface area (Å²) in [5.74, 6) is -1.08. The largest absolute Gasteiger partial charge is 0.493 e. The summed E-state index contributed by atoms with van der Waals surface area (Å²) < 4.78 is 21.3. The van der Waals surface area contributed by atoms with Gasteiger partial charge in [-0.1, -0.05) is 0 Å². The molecule has 154 valence electrons. The topological polar surface area (TPSA) is 117 Å². The zero-order chi connectivity index (χ0) is 20.8. The highest BCUT2D eigenvalue weighted by atomic mass is 16.5. The second kappa shape index (κ2) is 9.41. The van der Waals surface area contributed by atoms with Gasteiger partial charge in [0.2, 0.25) is 0 Å². The number of benzene rings is 1. The van der Waals surface area contributed by atoms with Gasteiger partial charge in [-0.15, -0.1) is 0 Å². The standard InChI is InChI=1S/C19H26N2O7/c1-11-8-21(9-12(2)27-11)18(23)13(3)28-19(24)14-5-6-15(16(7-14)25-4)26-10-17(20)22/h5-7,11-13H,8-10H2,1-4H3,(H2,20,22). The Bertz CT molecular complexity index is 727. The average molecular weight is 394 g/mol. The molecule has 28 heavy (non-hydrogen) atoms. The number of morpholine rings is 1. The molecule has 2 N–H and O–H groups in total. The molecule has 2 rings (SSSR count). The number of amides is 2. The van der Waals surface area contributed by atoms with Crippen molar-refractivity contribution in [2.24, 2.45) is 5.73 Å². The smallest absolute Gasteiger partial charge is 0.339 e. The fourth-order valence-corrected chi connectivity index (χ4v) is 2.96. The number of nitrogens with zero attached hydrogens (tertiary/aromatic N) is 1. The normalized spacial score (nSPS) is 20.2. The van der Waals surface area contributed by atoms with E-state index in [2.05, 4.69) is 0 Å². The van der Waals surface area contributed by atoms with Gasteiger partial charge in [-0.2, -0.15) is 0 Å². The summed E-state index contributed by atoms with van der Waals surface area (Å²) in [6.07, 6.45) is -1.09. The highest BCUT2D eigenvalue weighted by Gasteiger charge is 2.30. The van der Waals surface area contributed by atoms with Gasteiger partial charge in [0, 0.05) is 13.1 Å². The van der Waals surface area contributed by atoms with Crippen LogP contribution in [0.1, 0.15) is 31.1 Å². The van der Waals surface area contributed by atoms with E-state index in [1.807, 2.05) is 13.8 Å². The Labute approximate surface area is 163 Å². The van der Waals surface area contributed by atoms with Crippen LogP contribution in [0.3, 0.4) is 0 Å². The SMILES string of the molecule is COc1cc(C(=O)OC(C)C(=O)N2CC(C)OC(C)C2)ccc1OCC(N)=O. The third kappa shape index (κ3) is 5.59. The molecule has 1 fully saturated rings. The maximum atomic E-state index is 12.6. The fourth-order valence-electron chi connectivity index (χ4n) is 2.96. The van der Waals surface area contributed by atoms with E-state index in [1.54, 1.807) is 4.90 Å². The Morgan fingerprint density at radius 1 is 1.21 bits per heavy atom. The van der Waals surface area contributed by atoms with Crippen LogP contribution in [0.25, 0.3) is 0 Å². The van der Waals surface area contributed by atoms with E-state index in [9.17, 15) is 14.4 Å². The molecule has 1 aromatic rings. The molecule has 0 aliphatic carbocycles. The van der Waals surface area contributed by atoms with E-state index in [0.717, 1.165) is 0 Å². The Morgan fingerprint density at radius 2 is 1.86 bits per heavy atom. The molecule has 0 spiro atoms. The predicted molar refractivity (Wildman–Crippen MR) is 99.1 cm³/mol.